The molecule has 1 nitrogen and oxygen atoms in total. The summed E-state index contributed by atoms with van der Waals surface area (Å²) in [7, 11) is 1.63. The molecule has 1 atom stereocenters. The van der Waals surface area contributed by atoms with Crippen LogP contribution in [0.1, 0.15) is 21.5 Å². The molecule has 100 valence electrons. The van der Waals surface area contributed by atoms with Crippen molar-refractivity contribution >= 4 is 43.5 Å². The summed E-state index contributed by atoms with van der Waals surface area (Å²) in [6.45, 7) is 2.07. The van der Waals surface area contributed by atoms with E-state index in [1.54, 1.807) is 7.11 Å². The van der Waals surface area contributed by atoms with Gasteiger partial charge < -0.3 is 4.74 Å². The minimum Gasteiger partial charge on any atom is -0.497 e. The van der Waals surface area contributed by atoms with Gasteiger partial charge in [0.2, 0.25) is 0 Å². The van der Waals surface area contributed by atoms with Gasteiger partial charge in [0.15, 0.2) is 0 Å². The molecule has 1 unspecified atom stereocenters. The third kappa shape index (κ3) is 3.33. The zero-order chi connectivity index (χ0) is 14.0. The molecule has 4 heteroatoms. The molecule has 2 aromatic carbocycles. The number of alkyl halides is 1. The molecule has 0 aromatic heterocycles. The summed E-state index contributed by atoms with van der Waals surface area (Å²) >= 11 is 13.6. The Morgan fingerprint density at radius 1 is 1.11 bits per heavy atom. The Labute approximate surface area is 135 Å². The fraction of sp³-hybridized carbons (Fsp3) is 0.200. The maximum atomic E-state index is 6.32. The summed E-state index contributed by atoms with van der Waals surface area (Å²) in [5.41, 5.74) is 3.40. The van der Waals surface area contributed by atoms with Crippen molar-refractivity contribution in [2.75, 3.05) is 7.11 Å². The van der Waals surface area contributed by atoms with Crippen molar-refractivity contribution in [3.05, 3.63) is 62.6 Å². The molecular weight excluding hydrogens is 391 g/mol. The van der Waals surface area contributed by atoms with Crippen LogP contribution in [0.15, 0.2) is 40.9 Å². The number of hydrogen-bond donors (Lipinski definition) is 0. The molecule has 2 rings (SSSR count). The lowest BCUT2D eigenvalue weighted by Crippen LogP contribution is -1.96. The van der Waals surface area contributed by atoms with Crippen LogP contribution >= 0.6 is 43.5 Å². The van der Waals surface area contributed by atoms with Gasteiger partial charge in [0.05, 0.1) is 11.9 Å². The third-order valence-corrected chi connectivity index (χ3v) is 4.94. The van der Waals surface area contributed by atoms with Crippen molar-refractivity contribution in [3.63, 3.8) is 0 Å². The second-order valence-electron chi connectivity index (χ2n) is 4.27. The van der Waals surface area contributed by atoms with Crippen LogP contribution in [0, 0.1) is 6.92 Å². The molecule has 0 aliphatic rings. The van der Waals surface area contributed by atoms with Gasteiger partial charge in [-0.2, -0.15) is 0 Å². The Kier molecular flexibility index (Phi) is 4.93. The van der Waals surface area contributed by atoms with Crippen LogP contribution < -0.4 is 4.74 Å². The number of methoxy groups -OCH3 is 1. The van der Waals surface area contributed by atoms with E-state index in [0.717, 1.165) is 21.3 Å². The molecule has 0 aliphatic heterocycles. The van der Waals surface area contributed by atoms with Crippen molar-refractivity contribution < 1.29 is 4.74 Å². The van der Waals surface area contributed by atoms with Gasteiger partial charge in [0.1, 0.15) is 5.75 Å². The zero-order valence-corrected chi connectivity index (χ0v) is 14.5. The molecule has 2 aromatic rings. The number of rotatable bonds is 3. The molecule has 0 saturated carbocycles. The van der Waals surface area contributed by atoms with Crippen molar-refractivity contribution in [2.24, 2.45) is 0 Å². The van der Waals surface area contributed by atoms with Crippen LogP contribution in [0.25, 0.3) is 0 Å². The Hall–Kier alpha value is -0.510. The highest BCUT2D eigenvalue weighted by molar-refractivity contribution is 9.11. The van der Waals surface area contributed by atoms with E-state index >= 15 is 0 Å². The highest BCUT2D eigenvalue weighted by Crippen LogP contribution is 2.39. The van der Waals surface area contributed by atoms with Crippen molar-refractivity contribution in [2.45, 2.75) is 11.8 Å². The number of halogens is 3. The number of hydrogen-bond acceptors (Lipinski definition) is 1. The fourth-order valence-electron chi connectivity index (χ4n) is 1.87. The average Bonchev–Trinajstić information content (AvgIpc) is 2.40. The van der Waals surface area contributed by atoms with Gasteiger partial charge in [-0.05, 0) is 36.2 Å². The molecule has 0 spiro atoms. The van der Waals surface area contributed by atoms with E-state index in [1.165, 1.54) is 5.56 Å². The molecule has 0 fully saturated rings. The van der Waals surface area contributed by atoms with E-state index < -0.39 is 0 Å². The summed E-state index contributed by atoms with van der Waals surface area (Å²) in [6.07, 6.45) is 0. The highest BCUT2D eigenvalue weighted by atomic mass is 79.9. The van der Waals surface area contributed by atoms with Crippen LogP contribution in [0.4, 0.5) is 0 Å². The van der Waals surface area contributed by atoms with Crippen LogP contribution in [0.3, 0.4) is 0 Å². The molecule has 19 heavy (non-hydrogen) atoms. The predicted molar refractivity (Wildman–Crippen MR) is 87.7 cm³/mol. The quantitative estimate of drug-likeness (QED) is 0.579. The van der Waals surface area contributed by atoms with Gasteiger partial charge in [-0.25, -0.2) is 0 Å². The Bertz CT molecular complexity index is 599. The average molecular weight is 405 g/mol. The van der Waals surface area contributed by atoms with E-state index in [0.29, 0.717) is 5.02 Å². The van der Waals surface area contributed by atoms with E-state index in [1.807, 2.05) is 18.2 Å². The maximum Gasteiger partial charge on any atom is 0.120 e. The topological polar surface area (TPSA) is 9.23 Å². The van der Waals surface area contributed by atoms with Crippen molar-refractivity contribution in [3.8, 4) is 5.75 Å². The smallest absolute Gasteiger partial charge is 0.120 e. The third-order valence-electron chi connectivity index (χ3n) is 2.91. The van der Waals surface area contributed by atoms with E-state index in [4.69, 9.17) is 16.3 Å². The first kappa shape index (κ1) is 14.9. The summed E-state index contributed by atoms with van der Waals surface area (Å²) in [5, 5.41) is 0.689. The maximum absolute atomic E-state index is 6.32. The monoisotopic (exact) mass is 402 g/mol. The van der Waals surface area contributed by atoms with Crippen LogP contribution in [0.5, 0.6) is 5.75 Å². The first-order valence-corrected chi connectivity index (χ1v) is 7.85. The van der Waals surface area contributed by atoms with E-state index in [-0.39, 0.29) is 4.83 Å². The van der Waals surface area contributed by atoms with Gasteiger partial charge in [-0.15, -0.1) is 0 Å². The number of ether oxygens (including phenoxy) is 1. The normalized spacial score (nSPS) is 12.3. The largest absolute Gasteiger partial charge is 0.497 e. The zero-order valence-electron chi connectivity index (χ0n) is 10.6. The summed E-state index contributed by atoms with van der Waals surface area (Å²) in [6, 6.07) is 12.0. The van der Waals surface area contributed by atoms with Gasteiger partial charge in [-0.3, -0.25) is 0 Å². The van der Waals surface area contributed by atoms with Gasteiger partial charge >= 0.3 is 0 Å². The lowest BCUT2D eigenvalue weighted by molar-refractivity contribution is 0.414. The molecule has 0 aliphatic carbocycles. The van der Waals surface area contributed by atoms with E-state index in [9.17, 15) is 0 Å². The standard InChI is InChI=1S/C15H13Br2ClO/c1-9-3-6-13(16)12(7-9)15(17)11-5-4-10(19-2)8-14(11)18/h3-8,15H,1-2H3. The van der Waals surface area contributed by atoms with Crippen LogP contribution in [-0.4, -0.2) is 7.11 Å². The summed E-state index contributed by atoms with van der Waals surface area (Å²) in [5.74, 6) is 0.761. The first-order valence-electron chi connectivity index (χ1n) is 5.76. The Morgan fingerprint density at radius 3 is 2.47 bits per heavy atom. The number of benzene rings is 2. The summed E-state index contributed by atoms with van der Waals surface area (Å²) in [4.78, 5) is 0.0418. The molecule has 0 saturated heterocycles. The van der Waals surface area contributed by atoms with Crippen molar-refractivity contribution in [1.29, 1.82) is 0 Å². The fourth-order valence-corrected chi connectivity index (χ4v) is 3.84. The molecule has 0 N–H and O–H groups in total. The minimum absolute atomic E-state index is 0.0418. The molecule has 0 heterocycles. The van der Waals surface area contributed by atoms with Gasteiger partial charge in [0, 0.05) is 9.50 Å². The lowest BCUT2D eigenvalue weighted by Gasteiger charge is -2.15. The van der Waals surface area contributed by atoms with Gasteiger partial charge in [-0.1, -0.05) is 67.2 Å². The molecule has 0 radical (unpaired) electrons. The first-order chi connectivity index (χ1) is 9.02. The Balaban J connectivity index is 2.43. The molecule has 0 bridgehead atoms. The molecular formula is C15H13Br2ClO. The minimum atomic E-state index is 0.0418. The Morgan fingerprint density at radius 2 is 1.84 bits per heavy atom. The van der Waals surface area contributed by atoms with Crippen molar-refractivity contribution in [1.82, 2.24) is 0 Å². The van der Waals surface area contributed by atoms with Crippen LogP contribution in [-0.2, 0) is 0 Å². The lowest BCUT2D eigenvalue weighted by atomic mass is 10.0. The molecule has 0 amide bonds. The second kappa shape index (κ2) is 6.29. The number of aryl methyl sites for hydroxylation is 1. The predicted octanol–water partition coefficient (Wildman–Crippen LogP) is 5.90. The van der Waals surface area contributed by atoms with Crippen LogP contribution in [0.2, 0.25) is 5.02 Å². The second-order valence-corrected chi connectivity index (χ2v) is 6.45. The van der Waals surface area contributed by atoms with E-state index in [2.05, 4.69) is 57.0 Å². The summed E-state index contributed by atoms with van der Waals surface area (Å²) < 4.78 is 6.23. The SMILES string of the molecule is COc1ccc(C(Br)c2cc(C)ccc2Br)c(Cl)c1. The highest BCUT2D eigenvalue weighted by Gasteiger charge is 2.17. The van der Waals surface area contributed by atoms with Gasteiger partial charge in [0.25, 0.3) is 0 Å².